The smallest absolute Gasteiger partial charge is 0.241 e. The molecule has 0 aromatic heterocycles. The van der Waals surface area contributed by atoms with Gasteiger partial charge in [0.2, 0.25) is 5.91 Å². The minimum Gasteiger partial charge on any atom is -0.488 e. The highest BCUT2D eigenvalue weighted by molar-refractivity contribution is 5.95. The summed E-state index contributed by atoms with van der Waals surface area (Å²) in [5.41, 5.74) is 0.804. The summed E-state index contributed by atoms with van der Waals surface area (Å²) < 4.78 is 11.1. The van der Waals surface area contributed by atoms with Crippen LogP contribution in [0.4, 0.5) is 5.69 Å². The van der Waals surface area contributed by atoms with E-state index in [2.05, 4.69) is 10.6 Å². The second-order valence-electron chi connectivity index (χ2n) is 5.27. The van der Waals surface area contributed by atoms with Gasteiger partial charge in [-0.2, -0.15) is 0 Å². The first-order valence-electron chi connectivity index (χ1n) is 7.20. The molecule has 0 bridgehead atoms. The number of benzene rings is 1. The van der Waals surface area contributed by atoms with Crippen molar-refractivity contribution in [3.05, 3.63) is 24.3 Å². The average Bonchev–Trinajstić information content (AvgIpc) is 3.13. The van der Waals surface area contributed by atoms with E-state index in [1.807, 2.05) is 24.3 Å². The number of nitrogens with one attached hydrogen (secondary N) is 2. The van der Waals surface area contributed by atoms with Crippen LogP contribution in [-0.4, -0.2) is 37.8 Å². The molecule has 2 aliphatic rings. The Morgan fingerprint density at radius 1 is 1.29 bits per heavy atom. The van der Waals surface area contributed by atoms with Crippen molar-refractivity contribution in [3.8, 4) is 5.75 Å². The molecule has 2 N–H and O–H groups in total. The first-order chi connectivity index (χ1) is 9.81. The van der Waals surface area contributed by atoms with Crippen LogP contribution in [0.25, 0.3) is 0 Å². The molecule has 0 radical (unpaired) electrons. The van der Waals surface area contributed by atoms with Crippen LogP contribution in [0.3, 0.4) is 0 Å². The molecular weight excluding hydrogens is 292 g/mol. The van der Waals surface area contributed by atoms with Gasteiger partial charge in [0.05, 0.1) is 19.3 Å². The third-order valence-electron chi connectivity index (χ3n) is 3.69. The van der Waals surface area contributed by atoms with Gasteiger partial charge in [-0.05, 0) is 43.7 Å². The van der Waals surface area contributed by atoms with Crippen LogP contribution >= 0.6 is 12.4 Å². The molecule has 116 valence electrons. The predicted molar refractivity (Wildman–Crippen MR) is 83.2 cm³/mol. The van der Waals surface area contributed by atoms with Crippen LogP contribution < -0.4 is 15.4 Å². The Kier molecular flexibility index (Phi) is 5.85. The van der Waals surface area contributed by atoms with Gasteiger partial charge in [0.1, 0.15) is 11.9 Å². The topological polar surface area (TPSA) is 59.6 Å². The van der Waals surface area contributed by atoms with Gasteiger partial charge >= 0.3 is 0 Å². The molecule has 0 saturated carbocycles. The number of hydrogen-bond donors (Lipinski definition) is 2. The first-order valence-corrected chi connectivity index (χ1v) is 7.20. The third-order valence-corrected chi connectivity index (χ3v) is 3.69. The van der Waals surface area contributed by atoms with Crippen molar-refractivity contribution in [1.82, 2.24) is 5.32 Å². The maximum atomic E-state index is 12.0. The zero-order chi connectivity index (χ0) is 13.8. The Hall–Kier alpha value is -1.30. The summed E-state index contributed by atoms with van der Waals surface area (Å²) in [5, 5.41) is 6.11. The normalized spacial score (nSPS) is 24.4. The van der Waals surface area contributed by atoms with Crippen LogP contribution in [0.5, 0.6) is 5.75 Å². The van der Waals surface area contributed by atoms with E-state index in [1.165, 1.54) is 0 Å². The zero-order valence-electron chi connectivity index (χ0n) is 11.8. The number of carbonyl (C=O) groups is 1. The summed E-state index contributed by atoms with van der Waals surface area (Å²) in [6.07, 6.45) is 3.06. The second-order valence-corrected chi connectivity index (χ2v) is 5.27. The fraction of sp³-hybridized carbons (Fsp3) is 0.533. The van der Waals surface area contributed by atoms with Crippen LogP contribution in [0.1, 0.15) is 19.3 Å². The van der Waals surface area contributed by atoms with E-state index in [0.717, 1.165) is 43.9 Å². The Labute approximate surface area is 130 Å². The number of halogens is 1. The quantitative estimate of drug-likeness (QED) is 0.892. The minimum absolute atomic E-state index is 0. The number of ether oxygens (including phenoxy) is 2. The highest BCUT2D eigenvalue weighted by Gasteiger charge is 2.22. The van der Waals surface area contributed by atoms with Crippen molar-refractivity contribution < 1.29 is 14.3 Å². The lowest BCUT2D eigenvalue weighted by Gasteiger charge is -2.13. The maximum absolute atomic E-state index is 12.0. The minimum atomic E-state index is -0.0541. The first kappa shape index (κ1) is 16.1. The molecule has 3 rings (SSSR count). The van der Waals surface area contributed by atoms with Gasteiger partial charge in [-0.1, -0.05) is 0 Å². The van der Waals surface area contributed by atoms with Crippen molar-refractivity contribution in [2.45, 2.75) is 31.4 Å². The van der Waals surface area contributed by atoms with Crippen molar-refractivity contribution in [2.75, 3.05) is 25.1 Å². The lowest BCUT2D eigenvalue weighted by atomic mass is 10.2. The molecule has 0 aliphatic carbocycles. The van der Waals surface area contributed by atoms with Crippen LogP contribution in [-0.2, 0) is 9.53 Å². The van der Waals surface area contributed by atoms with Crippen molar-refractivity contribution >= 4 is 24.0 Å². The molecule has 2 heterocycles. The van der Waals surface area contributed by atoms with Gasteiger partial charge in [0.25, 0.3) is 0 Å². The van der Waals surface area contributed by atoms with E-state index in [-0.39, 0.29) is 30.5 Å². The second kappa shape index (κ2) is 7.64. The summed E-state index contributed by atoms with van der Waals surface area (Å²) in [5.74, 6) is 0.859. The van der Waals surface area contributed by atoms with E-state index in [4.69, 9.17) is 9.47 Å². The average molecular weight is 313 g/mol. The van der Waals surface area contributed by atoms with Crippen LogP contribution in [0.2, 0.25) is 0 Å². The molecule has 1 aromatic rings. The zero-order valence-corrected chi connectivity index (χ0v) is 12.7. The number of amides is 1. The predicted octanol–water partition coefficient (Wildman–Crippen LogP) is 1.97. The molecule has 1 amide bonds. The van der Waals surface area contributed by atoms with Crippen LogP contribution in [0.15, 0.2) is 24.3 Å². The number of hydrogen-bond acceptors (Lipinski definition) is 4. The molecule has 2 atom stereocenters. The molecule has 21 heavy (non-hydrogen) atoms. The maximum Gasteiger partial charge on any atom is 0.241 e. The molecule has 5 nitrogen and oxygen atoms in total. The molecule has 2 aliphatic heterocycles. The van der Waals surface area contributed by atoms with E-state index in [1.54, 1.807) is 0 Å². The SMILES string of the molecule is Cl.O=C(Nc1ccc(OC2CCOC2)cc1)C1CCCN1. The third kappa shape index (κ3) is 4.33. The van der Waals surface area contributed by atoms with Crippen molar-refractivity contribution in [1.29, 1.82) is 0 Å². The van der Waals surface area contributed by atoms with E-state index >= 15 is 0 Å². The standard InChI is InChI=1S/C15H20N2O3.ClH/c18-15(14-2-1-8-16-14)17-11-3-5-12(6-4-11)20-13-7-9-19-10-13;/h3-6,13-14,16H,1-2,7-10H2,(H,17,18);1H. The number of carbonyl (C=O) groups excluding carboxylic acids is 1. The largest absolute Gasteiger partial charge is 0.488 e. The fourth-order valence-corrected chi connectivity index (χ4v) is 2.55. The van der Waals surface area contributed by atoms with Gasteiger partial charge in [-0.15, -0.1) is 12.4 Å². The van der Waals surface area contributed by atoms with Gasteiger partial charge < -0.3 is 20.1 Å². The Balaban J connectivity index is 0.00000161. The molecule has 6 heteroatoms. The highest BCUT2D eigenvalue weighted by Crippen LogP contribution is 2.20. The van der Waals surface area contributed by atoms with Crippen LogP contribution in [0, 0.1) is 0 Å². The summed E-state index contributed by atoms with van der Waals surface area (Å²) in [6.45, 7) is 2.35. The van der Waals surface area contributed by atoms with Gasteiger partial charge in [-0.3, -0.25) is 4.79 Å². The molecule has 2 saturated heterocycles. The fourth-order valence-electron chi connectivity index (χ4n) is 2.55. The molecule has 1 aromatic carbocycles. The van der Waals surface area contributed by atoms with E-state index in [0.29, 0.717) is 6.61 Å². The van der Waals surface area contributed by atoms with Gasteiger partial charge in [-0.25, -0.2) is 0 Å². The van der Waals surface area contributed by atoms with Gasteiger partial charge in [0.15, 0.2) is 0 Å². The summed E-state index contributed by atoms with van der Waals surface area (Å²) in [4.78, 5) is 12.0. The lowest BCUT2D eigenvalue weighted by molar-refractivity contribution is -0.117. The summed E-state index contributed by atoms with van der Waals surface area (Å²) in [6, 6.07) is 7.46. The Morgan fingerprint density at radius 2 is 2.10 bits per heavy atom. The summed E-state index contributed by atoms with van der Waals surface area (Å²) >= 11 is 0. The molecule has 2 fully saturated rings. The highest BCUT2D eigenvalue weighted by atomic mass is 35.5. The van der Waals surface area contributed by atoms with Gasteiger partial charge in [0, 0.05) is 12.1 Å². The Bertz CT molecular complexity index is 454. The monoisotopic (exact) mass is 312 g/mol. The summed E-state index contributed by atoms with van der Waals surface area (Å²) in [7, 11) is 0. The number of anilines is 1. The molecule has 0 spiro atoms. The Morgan fingerprint density at radius 3 is 2.71 bits per heavy atom. The molecule has 2 unspecified atom stereocenters. The van der Waals surface area contributed by atoms with Crippen molar-refractivity contribution in [3.63, 3.8) is 0 Å². The van der Waals surface area contributed by atoms with E-state index < -0.39 is 0 Å². The lowest BCUT2D eigenvalue weighted by Crippen LogP contribution is -2.35. The van der Waals surface area contributed by atoms with Crippen molar-refractivity contribution in [2.24, 2.45) is 0 Å². The van der Waals surface area contributed by atoms with E-state index in [9.17, 15) is 4.79 Å². The number of rotatable bonds is 4. The molecular formula is C15H21ClN2O3.